The standard InChI is InChI=1S/C21H22N4O/c1-14-7-3-4-8-18(14)24-19-16-10-9-15(2)23-20(16)22-13-17(19)21(26)25-11-5-6-12-25/h3-4,7-10,13H,5-6,11-12H2,1-2H3,(H,22,23,24). The molecule has 1 N–H and O–H groups in total. The Bertz CT molecular complexity index is 977. The number of benzene rings is 1. The number of aryl methyl sites for hydroxylation is 2. The third-order valence-electron chi connectivity index (χ3n) is 4.90. The van der Waals surface area contributed by atoms with Crippen molar-refractivity contribution in [1.29, 1.82) is 0 Å². The van der Waals surface area contributed by atoms with Gasteiger partial charge in [0.1, 0.15) is 0 Å². The maximum Gasteiger partial charge on any atom is 0.257 e. The quantitative estimate of drug-likeness (QED) is 0.771. The first-order valence-corrected chi connectivity index (χ1v) is 9.02. The van der Waals surface area contributed by atoms with Gasteiger partial charge in [-0.2, -0.15) is 0 Å². The molecule has 5 nitrogen and oxygen atoms in total. The van der Waals surface area contributed by atoms with E-state index in [4.69, 9.17) is 0 Å². The van der Waals surface area contributed by atoms with Gasteiger partial charge in [0.2, 0.25) is 0 Å². The maximum absolute atomic E-state index is 13.1. The van der Waals surface area contributed by atoms with Crippen molar-refractivity contribution >= 4 is 28.3 Å². The maximum atomic E-state index is 13.1. The van der Waals surface area contributed by atoms with Crippen LogP contribution in [0.1, 0.15) is 34.5 Å². The van der Waals surface area contributed by atoms with Crippen molar-refractivity contribution in [3.05, 3.63) is 59.4 Å². The summed E-state index contributed by atoms with van der Waals surface area (Å²) in [7, 11) is 0. The molecule has 4 rings (SSSR count). The van der Waals surface area contributed by atoms with Gasteiger partial charge in [-0.3, -0.25) is 4.79 Å². The van der Waals surface area contributed by atoms with Crippen LogP contribution in [0.2, 0.25) is 0 Å². The Morgan fingerprint density at radius 1 is 1.08 bits per heavy atom. The first-order chi connectivity index (χ1) is 12.6. The summed E-state index contributed by atoms with van der Waals surface area (Å²) < 4.78 is 0. The molecule has 26 heavy (non-hydrogen) atoms. The minimum absolute atomic E-state index is 0.0357. The van der Waals surface area contributed by atoms with E-state index in [1.807, 2.05) is 42.2 Å². The molecule has 2 aromatic heterocycles. The molecule has 0 radical (unpaired) electrons. The van der Waals surface area contributed by atoms with Gasteiger partial charge in [0.25, 0.3) is 5.91 Å². The molecule has 1 aliphatic heterocycles. The lowest BCUT2D eigenvalue weighted by Gasteiger charge is -2.20. The molecule has 1 fully saturated rings. The number of anilines is 2. The van der Waals surface area contributed by atoms with Crippen molar-refractivity contribution in [3.8, 4) is 0 Å². The molecular formula is C21H22N4O. The number of nitrogens with zero attached hydrogens (tertiary/aromatic N) is 3. The second-order valence-corrected chi connectivity index (χ2v) is 6.81. The van der Waals surface area contributed by atoms with Crippen molar-refractivity contribution in [2.75, 3.05) is 18.4 Å². The van der Waals surface area contributed by atoms with Crippen LogP contribution >= 0.6 is 0 Å². The third kappa shape index (κ3) is 3.01. The van der Waals surface area contributed by atoms with E-state index in [1.165, 1.54) is 0 Å². The molecule has 3 aromatic rings. The van der Waals surface area contributed by atoms with Crippen LogP contribution in [0.25, 0.3) is 11.0 Å². The van der Waals surface area contributed by atoms with Crippen LogP contribution in [0.4, 0.5) is 11.4 Å². The molecule has 1 saturated heterocycles. The molecule has 0 atom stereocenters. The molecule has 0 aliphatic carbocycles. The van der Waals surface area contributed by atoms with Gasteiger partial charge in [-0.15, -0.1) is 0 Å². The topological polar surface area (TPSA) is 58.1 Å². The van der Waals surface area contributed by atoms with Crippen LogP contribution in [0.5, 0.6) is 0 Å². The predicted octanol–water partition coefficient (Wildman–Crippen LogP) is 4.23. The van der Waals surface area contributed by atoms with E-state index in [-0.39, 0.29) is 5.91 Å². The number of carbonyl (C=O) groups is 1. The summed E-state index contributed by atoms with van der Waals surface area (Å²) in [5.41, 5.74) is 5.06. The van der Waals surface area contributed by atoms with Crippen LogP contribution < -0.4 is 5.32 Å². The fourth-order valence-corrected chi connectivity index (χ4v) is 3.41. The zero-order valence-corrected chi connectivity index (χ0v) is 15.1. The second kappa shape index (κ2) is 6.75. The largest absolute Gasteiger partial charge is 0.354 e. The van der Waals surface area contributed by atoms with E-state index >= 15 is 0 Å². The van der Waals surface area contributed by atoms with Gasteiger partial charge >= 0.3 is 0 Å². The first-order valence-electron chi connectivity index (χ1n) is 9.02. The first kappa shape index (κ1) is 16.5. The number of para-hydroxylation sites is 1. The lowest BCUT2D eigenvalue weighted by Crippen LogP contribution is -2.28. The van der Waals surface area contributed by atoms with Gasteiger partial charge in [0.15, 0.2) is 5.65 Å². The summed E-state index contributed by atoms with van der Waals surface area (Å²) >= 11 is 0. The van der Waals surface area contributed by atoms with Crippen molar-refractivity contribution in [1.82, 2.24) is 14.9 Å². The normalized spacial score (nSPS) is 14.0. The average Bonchev–Trinajstić information content (AvgIpc) is 3.17. The smallest absolute Gasteiger partial charge is 0.257 e. The number of hydrogen-bond donors (Lipinski definition) is 1. The molecule has 0 spiro atoms. The second-order valence-electron chi connectivity index (χ2n) is 6.81. The van der Waals surface area contributed by atoms with Crippen molar-refractivity contribution in [2.45, 2.75) is 26.7 Å². The monoisotopic (exact) mass is 346 g/mol. The van der Waals surface area contributed by atoms with Gasteiger partial charge < -0.3 is 10.2 Å². The molecule has 0 bridgehead atoms. The molecule has 0 saturated carbocycles. The van der Waals surface area contributed by atoms with E-state index in [0.29, 0.717) is 11.2 Å². The highest BCUT2D eigenvalue weighted by Crippen LogP contribution is 2.31. The van der Waals surface area contributed by atoms with Gasteiger partial charge in [0.05, 0.1) is 11.3 Å². The number of amides is 1. The number of fused-ring (bicyclic) bond motifs is 1. The fourth-order valence-electron chi connectivity index (χ4n) is 3.41. The minimum Gasteiger partial charge on any atom is -0.354 e. The van der Waals surface area contributed by atoms with E-state index < -0.39 is 0 Å². The number of hydrogen-bond acceptors (Lipinski definition) is 4. The summed E-state index contributed by atoms with van der Waals surface area (Å²) in [4.78, 5) is 24.0. The van der Waals surface area contributed by atoms with Gasteiger partial charge in [-0.1, -0.05) is 18.2 Å². The predicted molar refractivity (Wildman–Crippen MR) is 104 cm³/mol. The minimum atomic E-state index is 0.0357. The zero-order chi connectivity index (χ0) is 18.1. The number of carbonyl (C=O) groups excluding carboxylic acids is 1. The third-order valence-corrected chi connectivity index (χ3v) is 4.90. The number of nitrogens with one attached hydrogen (secondary N) is 1. The van der Waals surface area contributed by atoms with Gasteiger partial charge in [-0.25, -0.2) is 9.97 Å². The Hall–Kier alpha value is -2.95. The molecular weight excluding hydrogens is 324 g/mol. The zero-order valence-electron chi connectivity index (χ0n) is 15.1. The lowest BCUT2D eigenvalue weighted by molar-refractivity contribution is 0.0793. The van der Waals surface area contributed by atoms with Crippen LogP contribution in [0, 0.1) is 13.8 Å². The summed E-state index contributed by atoms with van der Waals surface area (Å²) in [5, 5.41) is 4.34. The average molecular weight is 346 g/mol. The summed E-state index contributed by atoms with van der Waals surface area (Å²) in [6.07, 6.45) is 3.79. The Balaban J connectivity index is 1.86. The number of aromatic nitrogens is 2. The molecule has 1 aromatic carbocycles. The van der Waals surface area contributed by atoms with Crippen LogP contribution in [0.3, 0.4) is 0 Å². The fraction of sp³-hybridized carbons (Fsp3) is 0.286. The Morgan fingerprint density at radius 3 is 2.62 bits per heavy atom. The molecule has 0 unspecified atom stereocenters. The van der Waals surface area contributed by atoms with Gasteiger partial charge in [-0.05, 0) is 50.5 Å². The molecule has 132 valence electrons. The van der Waals surface area contributed by atoms with Crippen molar-refractivity contribution < 1.29 is 4.79 Å². The van der Waals surface area contributed by atoms with Gasteiger partial charge in [0, 0.05) is 36.1 Å². The molecule has 1 amide bonds. The number of pyridine rings is 2. The SMILES string of the molecule is Cc1ccc2c(Nc3ccccc3C)c(C(=O)N3CCCC3)cnc2n1. The molecule has 5 heteroatoms. The summed E-state index contributed by atoms with van der Waals surface area (Å²) in [6.45, 7) is 5.62. The number of likely N-dealkylation sites (tertiary alicyclic amines) is 1. The summed E-state index contributed by atoms with van der Waals surface area (Å²) in [6, 6.07) is 12.0. The van der Waals surface area contributed by atoms with E-state index in [9.17, 15) is 4.79 Å². The van der Waals surface area contributed by atoms with E-state index in [0.717, 1.165) is 53.9 Å². The van der Waals surface area contributed by atoms with E-state index in [1.54, 1.807) is 6.20 Å². The summed E-state index contributed by atoms with van der Waals surface area (Å²) in [5.74, 6) is 0.0357. The molecule has 1 aliphatic rings. The highest BCUT2D eigenvalue weighted by atomic mass is 16.2. The van der Waals surface area contributed by atoms with E-state index in [2.05, 4.69) is 28.3 Å². The van der Waals surface area contributed by atoms with Crippen molar-refractivity contribution in [3.63, 3.8) is 0 Å². The molecule has 3 heterocycles. The van der Waals surface area contributed by atoms with Crippen LogP contribution in [-0.2, 0) is 0 Å². The Morgan fingerprint density at radius 2 is 1.85 bits per heavy atom. The highest BCUT2D eigenvalue weighted by molar-refractivity contribution is 6.07. The van der Waals surface area contributed by atoms with Crippen molar-refractivity contribution in [2.24, 2.45) is 0 Å². The Labute approximate surface area is 153 Å². The van der Waals surface area contributed by atoms with Crippen LogP contribution in [-0.4, -0.2) is 33.9 Å². The number of rotatable bonds is 3. The lowest BCUT2D eigenvalue weighted by atomic mass is 10.1. The highest BCUT2D eigenvalue weighted by Gasteiger charge is 2.24. The van der Waals surface area contributed by atoms with Crippen LogP contribution in [0.15, 0.2) is 42.6 Å². The Kier molecular flexibility index (Phi) is 4.29.